The van der Waals surface area contributed by atoms with Gasteiger partial charge >= 0.3 is 0 Å². The van der Waals surface area contributed by atoms with Crippen LogP contribution in [0, 0.1) is 5.82 Å². The third-order valence-electron chi connectivity index (χ3n) is 1.80. The number of benzene rings is 1. The van der Waals surface area contributed by atoms with E-state index in [2.05, 4.69) is 0 Å². The highest BCUT2D eigenvalue weighted by atomic mass is 19.1. The lowest BCUT2D eigenvalue weighted by atomic mass is 9.70. The molecule has 1 aromatic rings. The van der Waals surface area contributed by atoms with E-state index in [4.69, 9.17) is 0 Å². The lowest BCUT2D eigenvalue weighted by Crippen LogP contribution is -2.16. The molecule has 0 aliphatic heterocycles. The molecule has 0 spiro atoms. The Morgan fingerprint density at radius 3 is 2.73 bits per heavy atom. The summed E-state index contributed by atoms with van der Waals surface area (Å²) in [5.41, 5.74) is 2.21. The van der Waals surface area contributed by atoms with Gasteiger partial charge in [-0.05, 0) is 18.6 Å². The Kier molecular flexibility index (Phi) is 2.69. The van der Waals surface area contributed by atoms with Gasteiger partial charge in [-0.2, -0.15) is 0 Å². The minimum absolute atomic E-state index is 0.146. The van der Waals surface area contributed by atoms with E-state index in [-0.39, 0.29) is 5.82 Å². The number of rotatable bonds is 2. The van der Waals surface area contributed by atoms with Gasteiger partial charge in [0.2, 0.25) is 0 Å². The fraction of sp³-hybridized carbons (Fsp3) is 0.333. The summed E-state index contributed by atoms with van der Waals surface area (Å²) in [7, 11) is 2.00. The van der Waals surface area contributed by atoms with Crippen molar-refractivity contribution >= 4 is 12.7 Å². The third-order valence-corrected chi connectivity index (χ3v) is 1.80. The van der Waals surface area contributed by atoms with E-state index in [9.17, 15) is 4.39 Å². The largest absolute Gasteiger partial charge is 0.207 e. The average molecular weight is 149 g/mol. The van der Waals surface area contributed by atoms with Gasteiger partial charge in [0.1, 0.15) is 13.1 Å². The number of hydrogen-bond acceptors (Lipinski definition) is 0. The molecule has 0 aliphatic carbocycles. The van der Waals surface area contributed by atoms with Crippen molar-refractivity contribution in [1.29, 1.82) is 0 Å². The van der Waals surface area contributed by atoms with Gasteiger partial charge in [0.25, 0.3) is 0 Å². The maximum absolute atomic E-state index is 12.7. The SMILES string of the molecule is C[B]c1ccc(F)cc1CC. The van der Waals surface area contributed by atoms with Crippen LogP contribution in [0.4, 0.5) is 4.39 Å². The lowest BCUT2D eigenvalue weighted by Gasteiger charge is -2.03. The minimum Gasteiger partial charge on any atom is -0.207 e. The molecule has 0 amide bonds. The van der Waals surface area contributed by atoms with Crippen LogP contribution in [0.15, 0.2) is 18.2 Å². The van der Waals surface area contributed by atoms with E-state index >= 15 is 0 Å². The standard InChI is InChI=1S/C9H11BF/c1-3-7-6-8(11)4-5-9(7)10-2/h4-6H,3H2,1-2H3. The van der Waals surface area contributed by atoms with Crippen LogP contribution in [0.25, 0.3) is 0 Å². The quantitative estimate of drug-likeness (QED) is 0.562. The highest BCUT2D eigenvalue weighted by molar-refractivity contribution is 6.52. The van der Waals surface area contributed by atoms with Gasteiger partial charge in [0.05, 0.1) is 0 Å². The molecule has 0 saturated heterocycles. The molecule has 0 saturated carbocycles. The Morgan fingerprint density at radius 2 is 2.18 bits per heavy atom. The summed E-state index contributed by atoms with van der Waals surface area (Å²) in [5.74, 6) is -0.146. The first-order valence-corrected chi connectivity index (χ1v) is 3.85. The molecule has 57 valence electrons. The molecule has 0 fully saturated rings. The molecule has 0 aliphatic rings. The molecule has 0 nitrogen and oxygen atoms in total. The highest BCUT2D eigenvalue weighted by Crippen LogP contribution is 2.01. The van der Waals surface area contributed by atoms with Crippen molar-refractivity contribution < 1.29 is 4.39 Å². The molecule has 0 N–H and O–H groups in total. The van der Waals surface area contributed by atoms with Gasteiger partial charge in [-0.3, -0.25) is 0 Å². The van der Waals surface area contributed by atoms with Crippen LogP contribution in [-0.2, 0) is 6.42 Å². The molecule has 0 atom stereocenters. The van der Waals surface area contributed by atoms with Crippen molar-refractivity contribution in [2.24, 2.45) is 0 Å². The van der Waals surface area contributed by atoms with Gasteiger partial charge in [-0.1, -0.05) is 30.8 Å². The Labute approximate surface area is 67.7 Å². The van der Waals surface area contributed by atoms with Gasteiger partial charge in [-0.15, -0.1) is 0 Å². The first-order valence-electron chi connectivity index (χ1n) is 3.85. The minimum atomic E-state index is -0.146. The van der Waals surface area contributed by atoms with E-state index in [0.717, 1.165) is 17.4 Å². The van der Waals surface area contributed by atoms with Crippen molar-refractivity contribution in [2.75, 3.05) is 0 Å². The molecule has 1 aromatic carbocycles. The van der Waals surface area contributed by atoms with Gasteiger partial charge in [0.15, 0.2) is 0 Å². The average Bonchev–Trinajstić information content (AvgIpc) is 2.04. The Balaban J connectivity index is 3.06. The summed E-state index contributed by atoms with van der Waals surface area (Å²) in [6.45, 7) is 3.99. The van der Waals surface area contributed by atoms with E-state index in [1.807, 2.05) is 27.1 Å². The summed E-state index contributed by atoms with van der Waals surface area (Å²) in [5, 5.41) is 0. The zero-order chi connectivity index (χ0) is 8.27. The van der Waals surface area contributed by atoms with Gasteiger partial charge in [-0.25, -0.2) is 4.39 Å². The Hall–Kier alpha value is -0.785. The first-order chi connectivity index (χ1) is 5.27. The summed E-state index contributed by atoms with van der Waals surface area (Å²) >= 11 is 0. The molecule has 0 heterocycles. The van der Waals surface area contributed by atoms with E-state index in [0.29, 0.717) is 0 Å². The van der Waals surface area contributed by atoms with Gasteiger partial charge in [0, 0.05) is 0 Å². The second-order valence-corrected chi connectivity index (χ2v) is 2.49. The van der Waals surface area contributed by atoms with Crippen LogP contribution in [0.1, 0.15) is 12.5 Å². The number of hydrogen-bond donors (Lipinski definition) is 0. The highest BCUT2D eigenvalue weighted by Gasteiger charge is 1.99. The van der Waals surface area contributed by atoms with Crippen molar-refractivity contribution in [3.8, 4) is 0 Å². The normalized spacial score (nSPS) is 9.73. The second kappa shape index (κ2) is 3.56. The monoisotopic (exact) mass is 149 g/mol. The molecule has 0 aromatic heterocycles. The number of halogens is 1. The maximum Gasteiger partial charge on any atom is 0.148 e. The van der Waals surface area contributed by atoms with Crippen LogP contribution in [-0.4, -0.2) is 7.28 Å². The topological polar surface area (TPSA) is 0 Å². The Bertz CT molecular complexity index is 245. The predicted molar refractivity (Wildman–Crippen MR) is 47.0 cm³/mol. The summed E-state index contributed by atoms with van der Waals surface area (Å²) in [6, 6.07) is 4.90. The molecule has 11 heavy (non-hydrogen) atoms. The van der Waals surface area contributed by atoms with Crippen LogP contribution in [0.2, 0.25) is 6.82 Å². The van der Waals surface area contributed by atoms with E-state index in [1.54, 1.807) is 6.07 Å². The van der Waals surface area contributed by atoms with Crippen LogP contribution >= 0.6 is 0 Å². The maximum atomic E-state index is 12.7. The summed E-state index contributed by atoms with van der Waals surface area (Å²) in [6.07, 6.45) is 0.886. The van der Waals surface area contributed by atoms with Crippen molar-refractivity contribution in [1.82, 2.24) is 0 Å². The summed E-state index contributed by atoms with van der Waals surface area (Å²) < 4.78 is 12.7. The van der Waals surface area contributed by atoms with Gasteiger partial charge < -0.3 is 0 Å². The van der Waals surface area contributed by atoms with Crippen LogP contribution in [0.5, 0.6) is 0 Å². The molecule has 2 heteroatoms. The zero-order valence-corrected chi connectivity index (χ0v) is 6.89. The van der Waals surface area contributed by atoms with Crippen molar-refractivity contribution in [3.05, 3.63) is 29.6 Å². The second-order valence-electron chi connectivity index (χ2n) is 2.49. The zero-order valence-electron chi connectivity index (χ0n) is 6.89. The van der Waals surface area contributed by atoms with Crippen molar-refractivity contribution in [3.63, 3.8) is 0 Å². The number of aryl methyl sites for hydroxylation is 1. The van der Waals surface area contributed by atoms with Crippen molar-refractivity contribution in [2.45, 2.75) is 20.2 Å². The fourth-order valence-corrected chi connectivity index (χ4v) is 1.16. The first kappa shape index (κ1) is 8.31. The lowest BCUT2D eigenvalue weighted by molar-refractivity contribution is 0.626. The molecule has 1 radical (unpaired) electrons. The fourth-order valence-electron chi connectivity index (χ4n) is 1.16. The molecular weight excluding hydrogens is 138 g/mol. The smallest absolute Gasteiger partial charge is 0.148 e. The van der Waals surface area contributed by atoms with E-state index < -0.39 is 0 Å². The predicted octanol–water partition coefficient (Wildman–Crippen LogP) is 1.77. The molecule has 0 bridgehead atoms. The molecular formula is C9H11BF. The molecule has 0 unspecified atom stereocenters. The third kappa shape index (κ3) is 1.82. The summed E-state index contributed by atoms with van der Waals surface area (Å²) in [4.78, 5) is 0. The van der Waals surface area contributed by atoms with E-state index in [1.165, 1.54) is 6.07 Å². The Morgan fingerprint density at radius 1 is 1.45 bits per heavy atom. The van der Waals surface area contributed by atoms with Crippen LogP contribution < -0.4 is 5.46 Å². The van der Waals surface area contributed by atoms with Crippen LogP contribution in [0.3, 0.4) is 0 Å². The molecule has 1 rings (SSSR count).